The topological polar surface area (TPSA) is 38.3 Å². The second-order valence-electron chi connectivity index (χ2n) is 6.74. The highest BCUT2D eigenvalue weighted by Gasteiger charge is 2.13. The standard InChI is InChI=1S/C20H24FNO2/c1-20(2,3)16-8-10-17(11-9-16)24-13-12-19(23)22-14-15-6-4-5-7-18(15)21/h4-11H,12-14H2,1-3H3,(H,22,23). The van der Waals surface area contributed by atoms with Crippen molar-refractivity contribution in [3.8, 4) is 5.75 Å². The second kappa shape index (κ2) is 7.95. The van der Waals surface area contributed by atoms with Crippen LogP contribution in [0, 0.1) is 5.82 Å². The zero-order chi connectivity index (χ0) is 17.6. The number of ether oxygens (including phenoxy) is 1. The number of halogens is 1. The van der Waals surface area contributed by atoms with Crippen molar-refractivity contribution in [3.05, 3.63) is 65.5 Å². The van der Waals surface area contributed by atoms with Gasteiger partial charge in [0.1, 0.15) is 11.6 Å². The third-order valence-electron chi connectivity index (χ3n) is 3.75. The van der Waals surface area contributed by atoms with Crippen molar-refractivity contribution in [1.82, 2.24) is 5.32 Å². The molecule has 0 bridgehead atoms. The minimum absolute atomic E-state index is 0.102. The first kappa shape index (κ1) is 18.0. The average Bonchev–Trinajstić information content (AvgIpc) is 2.54. The summed E-state index contributed by atoms with van der Waals surface area (Å²) < 4.78 is 19.0. The van der Waals surface area contributed by atoms with Crippen LogP contribution in [0.3, 0.4) is 0 Å². The summed E-state index contributed by atoms with van der Waals surface area (Å²) in [5.41, 5.74) is 1.81. The number of hydrogen-bond donors (Lipinski definition) is 1. The van der Waals surface area contributed by atoms with E-state index < -0.39 is 0 Å². The van der Waals surface area contributed by atoms with E-state index in [2.05, 4.69) is 26.1 Å². The van der Waals surface area contributed by atoms with E-state index in [1.807, 2.05) is 24.3 Å². The molecule has 2 aromatic rings. The molecule has 0 heterocycles. The molecule has 0 fully saturated rings. The van der Waals surface area contributed by atoms with Crippen LogP contribution in [-0.2, 0) is 16.8 Å². The van der Waals surface area contributed by atoms with Crippen LogP contribution < -0.4 is 10.1 Å². The van der Waals surface area contributed by atoms with Crippen molar-refractivity contribution in [2.75, 3.05) is 6.61 Å². The molecule has 3 nitrogen and oxygen atoms in total. The van der Waals surface area contributed by atoms with Crippen molar-refractivity contribution in [1.29, 1.82) is 0 Å². The van der Waals surface area contributed by atoms with E-state index in [-0.39, 0.29) is 36.7 Å². The van der Waals surface area contributed by atoms with Crippen molar-refractivity contribution in [2.45, 2.75) is 39.2 Å². The lowest BCUT2D eigenvalue weighted by Crippen LogP contribution is -2.24. The lowest BCUT2D eigenvalue weighted by molar-refractivity contribution is -0.121. The molecule has 0 saturated heterocycles. The summed E-state index contributed by atoms with van der Waals surface area (Å²) in [6.07, 6.45) is 0.232. The molecule has 0 aliphatic carbocycles. The van der Waals surface area contributed by atoms with E-state index in [1.54, 1.807) is 18.2 Å². The van der Waals surface area contributed by atoms with E-state index in [0.717, 1.165) is 5.75 Å². The van der Waals surface area contributed by atoms with Gasteiger partial charge in [-0.3, -0.25) is 4.79 Å². The zero-order valence-corrected chi connectivity index (χ0v) is 14.4. The van der Waals surface area contributed by atoms with E-state index >= 15 is 0 Å². The minimum atomic E-state index is -0.312. The highest BCUT2D eigenvalue weighted by molar-refractivity contribution is 5.76. The van der Waals surface area contributed by atoms with Crippen molar-refractivity contribution in [3.63, 3.8) is 0 Å². The molecular formula is C20H24FNO2. The van der Waals surface area contributed by atoms with Crippen LogP contribution in [0.1, 0.15) is 38.3 Å². The van der Waals surface area contributed by atoms with Crippen LogP contribution in [0.5, 0.6) is 5.75 Å². The Bertz CT molecular complexity index is 675. The van der Waals surface area contributed by atoms with Gasteiger partial charge in [-0.1, -0.05) is 51.1 Å². The van der Waals surface area contributed by atoms with Gasteiger partial charge >= 0.3 is 0 Å². The molecule has 128 valence electrons. The van der Waals surface area contributed by atoms with Gasteiger partial charge in [0.05, 0.1) is 13.0 Å². The molecule has 0 spiro atoms. The Morgan fingerprint density at radius 3 is 2.38 bits per heavy atom. The number of carbonyl (C=O) groups is 1. The van der Waals surface area contributed by atoms with Crippen molar-refractivity contribution < 1.29 is 13.9 Å². The Balaban J connectivity index is 1.74. The average molecular weight is 329 g/mol. The normalized spacial score (nSPS) is 11.2. The second-order valence-corrected chi connectivity index (χ2v) is 6.74. The van der Waals surface area contributed by atoms with E-state index in [4.69, 9.17) is 4.74 Å². The van der Waals surface area contributed by atoms with Gasteiger partial charge in [0.2, 0.25) is 5.91 Å². The Hall–Kier alpha value is -2.36. The van der Waals surface area contributed by atoms with E-state index in [9.17, 15) is 9.18 Å². The van der Waals surface area contributed by atoms with Gasteiger partial charge in [-0.25, -0.2) is 4.39 Å². The molecule has 1 N–H and O–H groups in total. The third kappa shape index (κ3) is 5.37. The van der Waals surface area contributed by atoms with Gasteiger partial charge in [0, 0.05) is 12.1 Å². The molecule has 1 amide bonds. The maximum Gasteiger partial charge on any atom is 0.223 e. The third-order valence-corrected chi connectivity index (χ3v) is 3.75. The Morgan fingerprint density at radius 1 is 1.08 bits per heavy atom. The molecule has 2 aromatic carbocycles. The molecule has 2 rings (SSSR count). The van der Waals surface area contributed by atoms with Gasteiger partial charge in [0.25, 0.3) is 0 Å². The summed E-state index contributed by atoms with van der Waals surface area (Å²) in [6, 6.07) is 14.3. The van der Waals surface area contributed by atoms with E-state index in [0.29, 0.717) is 5.56 Å². The highest BCUT2D eigenvalue weighted by atomic mass is 19.1. The fourth-order valence-electron chi connectivity index (χ4n) is 2.24. The van der Waals surface area contributed by atoms with Crippen LogP contribution in [0.15, 0.2) is 48.5 Å². The first-order chi connectivity index (χ1) is 11.4. The summed E-state index contributed by atoms with van der Waals surface area (Å²) in [5.74, 6) is 0.266. The largest absolute Gasteiger partial charge is 0.493 e. The quantitative estimate of drug-likeness (QED) is 0.862. The van der Waals surface area contributed by atoms with Crippen LogP contribution in [0.2, 0.25) is 0 Å². The summed E-state index contributed by atoms with van der Waals surface area (Å²) in [4.78, 5) is 11.8. The molecular weight excluding hydrogens is 305 g/mol. The molecule has 0 saturated carbocycles. The van der Waals surface area contributed by atoms with Crippen LogP contribution >= 0.6 is 0 Å². The monoisotopic (exact) mass is 329 g/mol. The van der Waals surface area contributed by atoms with Gasteiger partial charge in [0.15, 0.2) is 0 Å². The maximum atomic E-state index is 13.5. The number of rotatable bonds is 6. The Kier molecular flexibility index (Phi) is 5.96. The Labute approximate surface area is 142 Å². The predicted molar refractivity (Wildman–Crippen MR) is 93.5 cm³/mol. The summed E-state index contributed by atoms with van der Waals surface area (Å²) in [7, 11) is 0. The molecule has 0 aliphatic rings. The van der Waals surface area contributed by atoms with Crippen LogP contribution in [-0.4, -0.2) is 12.5 Å². The molecule has 0 aliphatic heterocycles. The smallest absolute Gasteiger partial charge is 0.223 e. The van der Waals surface area contributed by atoms with Gasteiger partial charge in [-0.05, 0) is 29.2 Å². The predicted octanol–water partition coefficient (Wildman–Crippen LogP) is 4.21. The van der Waals surface area contributed by atoms with Gasteiger partial charge in [-0.15, -0.1) is 0 Å². The van der Waals surface area contributed by atoms with Crippen molar-refractivity contribution >= 4 is 5.91 Å². The van der Waals surface area contributed by atoms with Gasteiger partial charge < -0.3 is 10.1 Å². The first-order valence-corrected chi connectivity index (χ1v) is 8.10. The molecule has 24 heavy (non-hydrogen) atoms. The molecule has 0 radical (unpaired) electrons. The number of hydrogen-bond acceptors (Lipinski definition) is 2. The number of nitrogens with one attached hydrogen (secondary N) is 1. The number of benzene rings is 2. The molecule has 0 aromatic heterocycles. The fraction of sp³-hybridized carbons (Fsp3) is 0.350. The number of amides is 1. The lowest BCUT2D eigenvalue weighted by Gasteiger charge is -2.19. The molecule has 4 heteroatoms. The fourth-order valence-corrected chi connectivity index (χ4v) is 2.24. The van der Waals surface area contributed by atoms with Crippen LogP contribution in [0.25, 0.3) is 0 Å². The Morgan fingerprint density at radius 2 is 1.75 bits per heavy atom. The zero-order valence-electron chi connectivity index (χ0n) is 14.4. The van der Waals surface area contributed by atoms with Crippen molar-refractivity contribution in [2.24, 2.45) is 0 Å². The SMILES string of the molecule is CC(C)(C)c1ccc(OCCC(=O)NCc2ccccc2F)cc1. The lowest BCUT2D eigenvalue weighted by atomic mass is 9.87. The van der Waals surface area contributed by atoms with E-state index in [1.165, 1.54) is 11.6 Å². The highest BCUT2D eigenvalue weighted by Crippen LogP contribution is 2.24. The molecule has 0 unspecified atom stereocenters. The van der Waals surface area contributed by atoms with Crippen LogP contribution in [0.4, 0.5) is 4.39 Å². The first-order valence-electron chi connectivity index (χ1n) is 8.10. The molecule has 0 atom stereocenters. The summed E-state index contributed by atoms with van der Waals surface area (Å²) in [5, 5.41) is 2.70. The summed E-state index contributed by atoms with van der Waals surface area (Å²) >= 11 is 0. The van der Waals surface area contributed by atoms with Gasteiger partial charge in [-0.2, -0.15) is 0 Å². The number of carbonyl (C=O) groups excluding carboxylic acids is 1. The summed E-state index contributed by atoms with van der Waals surface area (Å²) in [6.45, 7) is 6.94. The minimum Gasteiger partial charge on any atom is -0.493 e. The maximum absolute atomic E-state index is 13.5.